The number of rotatable bonds is 2. The van der Waals surface area contributed by atoms with Gasteiger partial charge in [-0.2, -0.15) is 0 Å². The van der Waals surface area contributed by atoms with Crippen molar-refractivity contribution in [3.8, 4) is 0 Å². The number of nitro groups is 1. The van der Waals surface area contributed by atoms with Gasteiger partial charge >= 0.3 is 0 Å². The van der Waals surface area contributed by atoms with Gasteiger partial charge in [-0.15, -0.1) is 0 Å². The van der Waals surface area contributed by atoms with E-state index in [-0.39, 0.29) is 0 Å². The minimum Gasteiger partial charge on any atom is -0.344 e. The summed E-state index contributed by atoms with van der Waals surface area (Å²) in [7, 11) is 0. The van der Waals surface area contributed by atoms with Crippen molar-refractivity contribution in [1.82, 2.24) is 0 Å². The molecule has 0 aromatic rings. The molecule has 0 spiro atoms. The van der Waals surface area contributed by atoms with Gasteiger partial charge in [-0.1, -0.05) is 0 Å². The van der Waals surface area contributed by atoms with E-state index in [0.29, 0.717) is 13.2 Å². The maximum Gasteiger partial charge on any atom is 0.260 e. The maximum absolute atomic E-state index is 10.1. The molecule has 1 rings (SSSR count). The number of nitrogens with zero attached hydrogens (tertiary/aromatic N) is 1. The van der Waals surface area contributed by atoms with Crippen molar-refractivity contribution < 1.29 is 14.4 Å². The van der Waals surface area contributed by atoms with Gasteiger partial charge in [0, 0.05) is 11.8 Å². The molecule has 10 heavy (non-hydrogen) atoms. The second-order valence-electron chi connectivity index (χ2n) is 2.14. The van der Waals surface area contributed by atoms with E-state index < -0.39 is 17.3 Å². The van der Waals surface area contributed by atoms with Crippen LogP contribution >= 0.6 is 0 Å². The summed E-state index contributed by atoms with van der Waals surface area (Å²) in [6, 6.07) is -0.762. The number of ether oxygens (including phenoxy) is 2. The summed E-state index contributed by atoms with van der Waals surface area (Å²) in [5.74, 6) is 0. The Bertz CT molecular complexity index is 132. The average molecular weight is 147 g/mol. The molecule has 0 bridgehead atoms. The maximum atomic E-state index is 10.1. The normalized spacial score (nSPS) is 22.9. The minimum atomic E-state index is -0.762. The Hall–Kier alpha value is -0.680. The van der Waals surface area contributed by atoms with Gasteiger partial charge in [0.2, 0.25) is 6.29 Å². The van der Waals surface area contributed by atoms with Crippen molar-refractivity contribution in [1.29, 1.82) is 0 Å². The van der Waals surface area contributed by atoms with E-state index in [2.05, 4.69) is 0 Å². The molecule has 0 aromatic heterocycles. The highest BCUT2D eigenvalue weighted by Crippen LogP contribution is 2.09. The van der Waals surface area contributed by atoms with Crippen LogP contribution in [-0.4, -0.2) is 30.5 Å². The van der Waals surface area contributed by atoms with Gasteiger partial charge in [0.15, 0.2) is 0 Å². The lowest BCUT2D eigenvalue weighted by atomic mass is 10.3. The predicted molar refractivity (Wildman–Crippen MR) is 32.1 cm³/mol. The van der Waals surface area contributed by atoms with E-state index in [1.54, 1.807) is 0 Å². The quantitative estimate of drug-likeness (QED) is 0.408. The summed E-state index contributed by atoms with van der Waals surface area (Å²) in [6.07, 6.45) is -0.644. The van der Waals surface area contributed by atoms with E-state index in [1.165, 1.54) is 6.92 Å². The zero-order chi connectivity index (χ0) is 7.56. The lowest BCUT2D eigenvalue weighted by molar-refractivity contribution is -0.540. The second kappa shape index (κ2) is 2.94. The molecule has 5 heteroatoms. The molecule has 1 saturated heterocycles. The minimum absolute atomic E-state index is 0.407. The van der Waals surface area contributed by atoms with Crippen LogP contribution < -0.4 is 0 Å². The Morgan fingerprint density at radius 1 is 1.60 bits per heavy atom. The zero-order valence-electron chi connectivity index (χ0n) is 5.65. The summed E-state index contributed by atoms with van der Waals surface area (Å²) in [5, 5.41) is 10.1. The lowest BCUT2D eigenvalue weighted by Gasteiger charge is -2.09. The van der Waals surface area contributed by atoms with Crippen molar-refractivity contribution in [2.24, 2.45) is 0 Å². The van der Waals surface area contributed by atoms with Crippen LogP contribution in [0.2, 0.25) is 0 Å². The second-order valence-corrected chi connectivity index (χ2v) is 2.14. The Kier molecular flexibility index (Phi) is 2.18. The molecule has 1 heterocycles. The van der Waals surface area contributed by atoms with Gasteiger partial charge in [-0.3, -0.25) is 10.1 Å². The molecule has 1 fully saturated rings. The first-order valence-corrected chi connectivity index (χ1v) is 3.08. The van der Waals surface area contributed by atoms with E-state index in [9.17, 15) is 10.1 Å². The molecule has 1 atom stereocenters. The van der Waals surface area contributed by atoms with Crippen molar-refractivity contribution in [3.05, 3.63) is 10.1 Å². The van der Waals surface area contributed by atoms with Crippen LogP contribution in [0.25, 0.3) is 0 Å². The Balaban J connectivity index is 2.39. The van der Waals surface area contributed by atoms with Gasteiger partial charge in [0.1, 0.15) is 0 Å². The van der Waals surface area contributed by atoms with Crippen molar-refractivity contribution >= 4 is 0 Å². The summed E-state index contributed by atoms with van der Waals surface area (Å²) < 4.78 is 9.82. The molecule has 1 aliphatic rings. The predicted octanol–water partition coefficient (Wildman–Crippen LogP) is 0.0245. The first-order chi connectivity index (χ1) is 4.72. The fraction of sp³-hybridized carbons (Fsp3) is 1.00. The molecule has 0 saturated carbocycles. The van der Waals surface area contributed by atoms with Crippen molar-refractivity contribution in [2.45, 2.75) is 19.3 Å². The van der Waals surface area contributed by atoms with Crippen LogP contribution in [0.3, 0.4) is 0 Å². The standard InChI is InChI=1S/C5H9NO4/c1-4(6(7)8)5-9-2-3-10-5/h4-5H,2-3H2,1H3. The number of hydrogen-bond acceptors (Lipinski definition) is 4. The zero-order valence-corrected chi connectivity index (χ0v) is 5.65. The van der Waals surface area contributed by atoms with Gasteiger partial charge in [-0.05, 0) is 0 Å². The van der Waals surface area contributed by atoms with E-state index in [1.807, 2.05) is 0 Å². The van der Waals surface area contributed by atoms with Crippen molar-refractivity contribution in [2.75, 3.05) is 13.2 Å². The van der Waals surface area contributed by atoms with Gasteiger partial charge in [0.05, 0.1) is 13.2 Å². The Morgan fingerprint density at radius 3 is 2.50 bits per heavy atom. The van der Waals surface area contributed by atoms with Gasteiger partial charge < -0.3 is 9.47 Å². The molecule has 0 aromatic carbocycles. The third-order valence-electron chi connectivity index (χ3n) is 1.37. The largest absolute Gasteiger partial charge is 0.344 e. The van der Waals surface area contributed by atoms with Crippen LogP contribution in [-0.2, 0) is 9.47 Å². The molecule has 0 N–H and O–H groups in total. The van der Waals surface area contributed by atoms with Gasteiger partial charge in [0.25, 0.3) is 6.04 Å². The van der Waals surface area contributed by atoms with E-state index in [4.69, 9.17) is 9.47 Å². The molecule has 5 nitrogen and oxygen atoms in total. The van der Waals surface area contributed by atoms with Gasteiger partial charge in [-0.25, -0.2) is 0 Å². The Labute approximate surface area is 58.1 Å². The molecular formula is C5H9NO4. The average Bonchev–Trinajstić information content (AvgIpc) is 2.36. The summed E-state index contributed by atoms with van der Waals surface area (Å²) >= 11 is 0. The third-order valence-corrected chi connectivity index (χ3v) is 1.37. The highest BCUT2D eigenvalue weighted by atomic mass is 16.7. The summed E-state index contributed by atoms with van der Waals surface area (Å²) in [5.41, 5.74) is 0. The summed E-state index contributed by atoms with van der Waals surface area (Å²) in [6.45, 7) is 2.39. The fourth-order valence-corrected chi connectivity index (χ4v) is 0.755. The highest BCUT2D eigenvalue weighted by molar-refractivity contribution is 4.58. The van der Waals surface area contributed by atoms with Crippen LogP contribution in [0, 0.1) is 10.1 Å². The first kappa shape index (κ1) is 7.43. The molecule has 0 aliphatic carbocycles. The molecule has 0 radical (unpaired) electrons. The molecule has 1 aliphatic heterocycles. The smallest absolute Gasteiger partial charge is 0.260 e. The number of hydrogen-bond donors (Lipinski definition) is 0. The van der Waals surface area contributed by atoms with E-state index in [0.717, 1.165) is 0 Å². The fourth-order valence-electron chi connectivity index (χ4n) is 0.755. The SMILES string of the molecule is CC(C1OCCO1)[N+](=O)[O-]. The van der Waals surface area contributed by atoms with Crippen LogP contribution in [0.1, 0.15) is 6.92 Å². The summed E-state index contributed by atoms with van der Waals surface area (Å²) in [4.78, 5) is 9.73. The molecular weight excluding hydrogens is 138 g/mol. The Morgan fingerprint density at radius 2 is 2.10 bits per heavy atom. The molecule has 58 valence electrons. The molecule has 0 amide bonds. The van der Waals surface area contributed by atoms with Crippen molar-refractivity contribution in [3.63, 3.8) is 0 Å². The van der Waals surface area contributed by atoms with Crippen LogP contribution in [0.5, 0.6) is 0 Å². The van der Waals surface area contributed by atoms with Crippen LogP contribution in [0.15, 0.2) is 0 Å². The topological polar surface area (TPSA) is 61.6 Å². The molecule has 1 unspecified atom stereocenters. The monoisotopic (exact) mass is 147 g/mol. The van der Waals surface area contributed by atoms with E-state index >= 15 is 0 Å². The van der Waals surface area contributed by atoms with Crippen LogP contribution in [0.4, 0.5) is 0 Å². The highest BCUT2D eigenvalue weighted by Gasteiger charge is 2.31. The first-order valence-electron chi connectivity index (χ1n) is 3.08. The lowest BCUT2D eigenvalue weighted by Crippen LogP contribution is -2.31. The third kappa shape index (κ3) is 1.43.